The molecule has 0 bridgehead atoms. The van der Waals surface area contributed by atoms with Gasteiger partial charge in [-0.2, -0.15) is 0 Å². The normalized spacial score (nSPS) is 15.9. The fourth-order valence-corrected chi connectivity index (χ4v) is 7.20. The summed E-state index contributed by atoms with van der Waals surface area (Å²) in [4.78, 5) is 33.2. The number of azo groups is 2. The number of aromatic nitrogens is 1. The third-order valence-corrected chi connectivity index (χ3v) is 10.6. The number of hydrogen-bond acceptors (Lipinski definition) is 7. The fraction of sp³-hybridized carbons (Fsp3) is 0.340. The molecule has 0 radical (unpaired) electrons. The van der Waals surface area contributed by atoms with Gasteiger partial charge >= 0.3 is 0 Å². The number of hydrogen-bond donors (Lipinski definition) is 0. The Morgan fingerprint density at radius 3 is 1.07 bits per heavy atom. The summed E-state index contributed by atoms with van der Waals surface area (Å²) in [5.41, 5.74) is 4.31. The lowest BCUT2D eigenvalue weighted by Crippen LogP contribution is -2.28. The van der Waals surface area contributed by atoms with Crippen molar-refractivity contribution in [1.82, 2.24) is 4.98 Å². The lowest BCUT2D eigenvalue weighted by molar-refractivity contribution is -0.114. The number of halogens is 4. The molecule has 0 saturated carbocycles. The van der Waals surface area contributed by atoms with Gasteiger partial charge in [0.25, 0.3) is 0 Å². The Labute approximate surface area is 362 Å². The zero-order valence-electron chi connectivity index (χ0n) is 35.1. The van der Waals surface area contributed by atoms with Gasteiger partial charge in [-0.25, -0.2) is 4.98 Å². The molecule has 11 heteroatoms. The van der Waals surface area contributed by atoms with Gasteiger partial charge in [0.05, 0.1) is 21.4 Å². The van der Waals surface area contributed by atoms with Crippen LogP contribution in [0.25, 0.3) is 11.4 Å². The number of pyridine rings is 1. The molecule has 0 saturated heterocycles. The zero-order valence-corrected chi connectivity index (χ0v) is 38.1. The molecule has 7 nitrogen and oxygen atoms in total. The van der Waals surface area contributed by atoms with Crippen molar-refractivity contribution in [2.75, 3.05) is 0 Å². The number of allylic oxidation sites excluding steroid dienone is 10. The minimum absolute atomic E-state index is 0.0227. The van der Waals surface area contributed by atoms with E-state index in [4.69, 9.17) is 61.6 Å². The van der Waals surface area contributed by atoms with Gasteiger partial charge in [0.2, 0.25) is 0 Å². The number of Topliss-reactive ketones (excluding diaryl/α,β-unsaturated/α-hetero) is 2. The van der Waals surface area contributed by atoms with E-state index in [2.05, 4.69) is 10.2 Å². The van der Waals surface area contributed by atoms with Crippen LogP contribution in [-0.4, -0.2) is 16.6 Å². The first-order chi connectivity index (χ1) is 26.8. The molecule has 0 N–H and O–H groups in total. The summed E-state index contributed by atoms with van der Waals surface area (Å²) >= 11 is 25.6. The molecule has 58 heavy (non-hydrogen) atoms. The molecule has 2 aliphatic rings. The number of ketones is 2. The molecule has 1 heterocycles. The first kappa shape index (κ1) is 44.8. The monoisotopic (exact) mass is 855 g/mol. The van der Waals surface area contributed by atoms with Crippen LogP contribution in [0.15, 0.2) is 133 Å². The Balaban J connectivity index is 1.88. The van der Waals surface area contributed by atoms with Crippen molar-refractivity contribution in [1.29, 1.82) is 0 Å². The van der Waals surface area contributed by atoms with Gasteiger partial charge < -0.3 is 0 Å². The zero-order chi connectivity index (χ0) is 43.1. The van der Waals surface area contributed by atoms with Crippen LogP contribution in [0.5, 0.6) is 0 Å². The average Bonchev–Trinajstić information content (AvgIpc) is 3.09. The molecule has 3 aromatic rings. The smallest absolute Gasteiger partial charge is 0.186 e. The molecular formula is C47H49Cl4N5O2. The first-order valence-corrected chi connectivity index (χ1v) is 20.4. The standard InChI is InChI=1S/C47H49Cl4N5O2/c1-44(2,3)30-20-26(21-31(42(30)57)45(4,5)6)40(55-53-36-18-16-28(48)24-34(36)50)38-14-13-15-39(52-38)41(56-54-37-19-17-29(49)25-35(37)51)27-22-32(46(7,8)9)43(58)33(23-27)47(10,11)12/h13-25H,1-12H3/b55-53+,56-54+. The van der Waals surface area contributed by atoms with E-state index in [-0.39, 0.29) is 11.6 Å². The maximum Gasteiger partial charge on any atom is 0.186 e. The van der Waals surface area contributed by atoms with Gasteiger partial charge in [-0.3, -0.25) is 9.59 Å². The van der Waals surface area contributed by atoms with Crippen molar-refractivity contribution in [3.05, 3.63) is 144 Å². The summed E-state index contributed by atoms with van der Waals surface area (Å²) in [5.74, 6) is -0.0454. The van der Waals surface area contributed by atoms with Crippen molar-refractivity contribution in [3.63, 3.8) is 0 Å². The highest BCUT2D eigenvalue weighted by Gasteiger charge is 2.36. The predicted octanol–water partition coefficient (Wildman–Crippen LogP) is 15.7. The summed E-state index contributed by atoms with van der Waals surface area (Å²) in [6, 6.07) is 15.4. The van der Waals surface area contributed by atoms with Gasteiger partial charge in [-0.05, 0) is 94.5 Å². The van der Waals surface area contributed by atoms with Gasteiger partial charge in [0.15, 0.2) is 11.6 Å². The lowest BCUT2D eigenvalue weighted by Gasteiger charge is -2.31. The van der Waals surface area contributed by atoms with Crippen LogP contribution in [0.3, 0.4) is 0 Å². The predicted molar refractivity (Wildman–Crippen MR) is 240 cm³/mol. The SMILES string of the molecule is CC(C)(C)C1=CC(=C(/N=N/c2ccc(Cl)cc2Cl)c2cccc(C(/N=N/c3ccc(Cl)cc3Cl)=C3C=C(C(C)(C)C)C(=O)C(C(C)(C)C)=C3)n2)C=C(C(C)(C)C)C1=O. The van der Waals surface area contributed by atoms with Gasteiger partial charge in [-0.15, -0.1) is 20.5 Å². The van der Waals surface area contributed by atoms with Crippen LogP contribution in [0.1, 0.15) is 94.5 Å². The van der Waals surface area contributed by atoms with Crippen molar-refractivity contribution in [3.8, 4) is 0 Å². The van der Waals surface area contributed by atoms with E-state index in [1.165, 1.54) is 0 Å². The maximum atomic E-state index is 14.0. The van der Waals surface area contributed by atoms with Gasteiger partial charge in [-0.1, -0.05) is 136 Å². The molecule has 0 aliphatic heterocycles. The van der Waals surface area contributed by atoms with Crippen molar-refractivity contribution < 1.29 is 9.59 Å². The molecule has 0 atom stereocenters. The minimum Gasteiger partial charge on any atom is -0.289 e. The van der Waals surface area contributed by atoms with Crippen LogP contribution >= 0.6 is 46.4 Å². The quantitative estimate of drug-likeness (QED) is 0.231. The molecule has 302 valence electrons. The second-order valence-electron chi connectivity index (χ2n) is 18.5. The van der Waals surface area contributed by atoms with Crippen LogP contribution < -0.4 is 0 Å². The fourth-order valence-electron chi connectivity index (χ4n) is 6.30. The summed E-state index contributed by atoms with van der Waals surface area (Å²) in [6.07, 6.45) is 7.48. The lowest BCUT2D eigenvalue weighted by atomic mass is 9.71. The molecule has 2 aromatic carbocycles. The van der Waals surface area contributed by atoms with Gasteiger partial charge in [0, 0.05) is 43.5 Å². The van der Waals surface area contributed by atoms with E-state index in [1.54, 1.807) is 36.4 Å². The molecular weight excluding hydrogens is 808 g/mol. The average molecular weight is 858 g/mol. The second kappa shape index (κ2) is 16.8. The van der Waals surface area contributed by atoms with E-state index in [1.807, 2.05) is 126 Å². The number of carbonyl (C=O) groups excluding carboxylic acids is 2. The van der Waals surface area contributed by atoms with Gasteiger partial charge in [0.1, 0.15) is 22.8 Å². The van der Waals surface area contributed by atoms with Crippen LogP contribution in [0.2, 0.25) is 20.1 Å². The maximum absolute atomic E-state index is 14.0. The molecule has 0 amide bonds. The van der Waals surface area contributed by atoms with Crippen molar-refractivity contribution in [2.45, 2.75) is 83.1 Å². The van der Waals surface area contributed by atoms with Crippen molar-refractivity contribution >= 4 is 80.7 Å². The van der Waals surface area contributed by atoms with E-state index in [9.17, 15) is 9.59 Å². The van der Waals surface area contributed by atoms with E-state index >= 15 is 0 Å². The van der Waals surface area contributed by atoms with E-state index in [0.717, 1.165) is 0 Å². The molecule has 1 aromatic heterocycles. The highest BCUT2D eigenvalue weighted by atomic mass is 35.5. The summed E-state index contributed by atoms with van der Waals surface area (Å²) in [5, 5.41) is 20.4. The third-order valence-electron chi connectivity index (χ3n) is 9.53. The topological polar surface area (TPSA) is 96.5 Å². The van der Waals surface area contributed by atoms with Crippen LogP contribution in [0.4, 0.5) is 11.4 Å². The largest absolute Gasteiger partial charge is 0.289 e. The molecule has 2 aliphatic carbocycles. The Morgan fingerprint density at radius 2 is 0.793 bits per heavy atom. The number of rotatable bonds is 6. The molecule has 0 unspecified atom stereocenters. The Kier molecular flexibility index (Phi) is 13.0. The number of nitrogens with zero attached hydrogens (tertiary/aromatic N) is 5. The minimum atomic E-state index is -0.488. The Bertz CT molecular complexity index is 2210. The van der Waals surface area contributed by atoms with E-state index in [0.29, 0.717) is 87.7 Å². The van der Waals surface area contributed by atoms with E-state index < -0.39 is 21.7 Å². The third kappa shape index (κ3) is 10.3. The summed E-state index contributed by atoms with van der Waals surface area (Å²) in [7, 11) is 0. The summed E-state index contributed by atoms with van der Waals surface area (Å²) in [6.45, 7) is 24.1. The van der Waals surface area contributed by atoms with Crippen molar-refractivity contribution in [2.24, 2.45) is 42.1 Å². The highest BCUT2D eigenvalue weighted by Crippen LogP contribution is 2.43. The Morgan fingerprint density at radius 1 is 0.483 bits per heavy atom. The first-order valence-electron chi connectivity index (χ1n) is 18.9. The van der Waals surface area contributed by atoms with Crippen LogP contribution in [0, 0.1) is 21.7 Å². The summed E-state index contributed by atoms with van der Waals surface area (Å²) < 4.78 is 0. The molecule has 0 fully saturated rings. The highest BCUT2D eigenvalue weighted by molar-refractivity contribution is 6.36. The molecule has 5 rings (SSSR count). The Hall–Kier alpha value is -4.27. The second-order valence-corrected chi connectivity index (χ2v) is 20.2. The molecule has 0 spiro atoms. The number of carbonyl (C=O) groups is 2. The number of benzene rings is 2. The van der Waals surface area contributed by atoms with Crippen LogP contribution in [-0.2, 0) is 9.59 Å².